The third-order valence-electron chi connectivity index (χ3n) is 1.83. The molecule has 0 atom stereocenters. The van der Waals surface area contributed by atoms with E-state index in [4.69, 9.17) is 0 Å². The van der Waals surface area contributed by atoms with Gasteiger partial charge in [0.15, 0.2) is 0 Å². The van der Waals surface area contributed by atoms with E-state index in [-0.39, 0.29) is 0 Å². The first-order valence-corrected chi connectivity index (χ1v) is 3.96. The summed E-state index contributed by atoms with van der Waals surface area (Å²) in [5.41, 5.74) is 3.57. The van der Waals surface area contributed by atoms with Crippen molar-refractivity contribution in [3.8, 4) is 0 Å². The zero-order chi connectivity index (χ0) is 8.27. The lowest BCUT2D eigenvalue weighted by Crippen LogP contribution is -2.12. The van der Waals surface area contributed by atoms with Crippen LogP contribution in [0.5, 0.6) is 0 Å². The fourth-order valence-electron chi connectivity index (χ4n) is 1.08. The summed E-state index contributed by atoms with van der Waals surface area (Å²) in [5.74, 6) is 0. The number of H-pyrrole nitrogens is 1. The van der Waals surface area contributed by atoms with Crippen molar-refractivity contribution in [2.45, 2.75) is 27.3 Å². The minimum atomic E-state index is 0.921. The monoisotopic (exact) mass is 153 g/mol. The van der Waals surface area contributed by atoms with Gasteiger partial charge in [0.25, 0.3) is 0 Å². The molecule has 2 N–H and O–H groups in total. The molecule has 0 fully saturated rings. The number of hydrogen-bond donors (Lipinski definition) is 2. The topological polar surface area (TPSA) is 40.7 Å². The molecule has 0 aromatic carbocycles. The van der Waals surface area contributed by atoms with Crippen LogP contribution in [0.1, 0.15) is 23.9 Å². The van der Waals surface area contributed by atoms with Crippen LogP contribution in [0.3, 0.4) is 0 Å². The zero-order valence-corrected chi connectivity index (χ0v) is 7.36. The van der Waals surface area contributed by atoms with Crippen molar-refractivity contribution in [1.29, 1.82) is 0 Å². The van der Waals surface area contributed by atoms with E-state index < -0.39 is 0 Å². The normalized spacial score (nSPS) is 10.5. The van der Waals surface area contributed by atoms with Crippen LogP contribution in [-0.4, -0.2) is 16.7 Å². The molecule has 0 radical (unpaired) electrons. The van der Waals surface area contributed by atoms with Crippen LogP contribution < -0.4 is 5.32 Å². The number of aromatic amines is 1. The molecule has 11 heavy (non-hydrogen) atoms. The number of hydrogen-bond acceptors (Lipinski definition) is 2. The second kappa shape index (κ2) is 3.53. The van der Waals surface area contributed by atoms with Crippen molar-refractivity contribution in [3.63, 3.8) is 0 Å². The van der Waals surface area contributed by atoms with E-state index in [1.165, 1.54) is 11.3 Å². The maximum atomic E-state index is 4.10. The molecular formula is C8H15N3. The summed E-state index contributed by atoms with van der Waals surface area (Å²) in [7, 11) is 0. The molecule has 3 nitrogen and oxygen atoms in total. The molecule has 62 valence electrons. The SMILES string of the molecule is CCNCc1c(C)n[nH]c1C. The molecule has 1 aromatic rings. The van der Waals surface area contributed by atoms with Gasteiger partial charge in [-0.1, -0.05) is 6.92 Å². The van der Waals surface area contributed by atoms with Crippen molar-refractivity contribution in [2.75, 3.05) is 6.54 Å². The summed E-state index contributed by atoms with van der Waals surface area (Å²) in [6.45, 7) is 8.10. The highest BCUT2D eigenvalue weighted by atomic mass is 15.1. The van der Waals surface area contributed by atoms with Gasteiger partial charge in [-0.3, -0.25) is 5.10 Å². The van der Waals surface area contributed by atoms with Gasteiger partial charge in [-0.15, -0.1) is 0 Å². The first-order valence-electron chi connectivity index (χ1n) is 3.96. The van der Waals surface area contributed by atoms with Gasteiger partial charge in [0.05, 0.1) is 5.69 Å². The Kier molecular flexibility index (Phi) is 2.65. The van der Waals surface area contributed by atoms with E-state index in [2.05, 4.69) is 22.4 Å². The highest BCUT2D eigenvalue weighted by Crippen LogP contribution is 2.07. The molecule has 0 aliphatic carbocycles. The first kappa shape index (κ1) is 8.27. The molecule has 0 unspecified atom stereocenters. The van der Waals surface area contributed by atoms with Gasteiger partial charge in [-0.2, -0.15) is 5.10 Å². The average Bonchev–Trinajstić information content (AvgIpc) is 2.29. The molecule has 0 amide bonds. The van der Waals surface area contributed by atoms with Crippen LogP contribution in [-0.2, 0) is 6.54 Å². The summed E-state index contributed by atoms with van der Waals surface area (Å²) in [6, 6.07) is 0. The van der Waals surface area contributed by atoms with E-state index in [0.717, 1.165) is 18.8 Å². The minimum Gasteiger partial charge on any atom is -0.313 e. The molecule has 0 aliphatic heterocycles. The van der Waals surface area contributed by atoms with Gasteiger partial charge < -0.3 is 5.32 Å². The highest BCUT2D eigenvalue weighted by molar-refractivity contribution is 5.22. The van der Waals surface area contributed by atoms with Gasteiger partial charge in [-0.05, 0) is 20.4 Å². The van der Waals surface area contributed by atoms with Crippen molar-refractivity contribution in [2.24, 2.45) is 0 Å². The van der Waals surface area contributed by atoms with E-state index in [1.54, 1.807) is 0 Å². The fourth-order valence-corrected chi connectivity index (χ4v) is 1.08. The predicted molar refractivity (Wildman–Crippen MR) is 45.4 cm³/mol. The van der Waals surface area contributed by atoms with Crippen LogP contribution in [0.15, 0.2) is 0 Å². The molecule has 0 saturated carbocycles. The summed E-state index contributed by atoms with van der Waals surface area (Å²) in [4.78, 5) is 0. The third kappa shape index (κ3) is 1.80. The number of nitrogens with one attached hydrogen (secondary N) is 2. The maximum absolute atomic E-state index is 4.10. The summed E-state index contributed by atoms with van der Waals surface area (Å²) in [5, 5.41) is 10.3. The number of nitrogens with zero attached hydrogens (tertiary/aromatic N) is 1. The largest absolute Gasteiger partial charge is 0.313 e. The van der Waals surface area contributed by atoms with E-state index in [9.17, 15) is 0 Å². The lowest BCUT2D eigenvalue weighted by atomic mass is 10.2. The quantitative estimate of drug-likeness (QED) is 0.683. The van der Waals surface area contributed by atoms with Crippen molar-refractivity contribution < 1.29 is 0 Å². The molecule has 0 aliphatic rings. The summed E-state index contributed by atoms with van der Waals surface area (Å²) < 4.78 is 0. The van der Waals surface area contributed by atoms with Crippen LogP contribution in [0, 0.1) is 13.8 Å². The van der Waals surface area contributed by atoms with E-state index >= 15 is 0 Å². The molecule has 3 heteroatoms. The van der Waals surface area contributed by atoms with E-state index in [1.807, 2.05) is 13.8 Å². The lowest BCUT2D eigenvalue weighted by Gasteiger charge is -2.00. The van der Waals surface area contributed by atoms with E-state index in [0.29, 0.717) is 0 Å². The summed E-state index contributed by atoms with van der Waals surface area (Å²) in [6.07, 6.45) is 0. The van der Waals surface area contributed by atoms with Crippen molar-refractivity contribution in [3.05, 3.63) is 17.0 Å². The van der Waals surface area contributed by atoms with Crippen molar-refractivity contribution in [1.82, 2.24) is 15.5 Å². The third-order valence-corrected chi connectivity index (χ3v) is 1.83. The Hall–Kier alpha value is -0.830. The predicted octanol–water partition coefficient (Wildman–Crippen LogP) is 1.14. The van der Waals surface area contributed by atoms with Gasteiger partial charge >= 0.3 is 0 Å². The van der Waals surface area contributed by atoms with Gasteiger partial charge in [0.1, 0.15) is 0 Å². The molecule has 1 aromatic heterocycles. The summed E-state index contributed by atoms with van der Waals surface area (Å²) >= 11 is 0. The van der Waals surface area contributed by atoms with Crippen LogP contribution in [0.2, 0.25) is 0 Å². The van der Waals surface area contributed by atoms with Gasteiger partial charge in [0.2, 0.25) is 0 Å². The molecule has 0 bridgehead atoms. The number of rotatable bonds is 3. The Labute approximate surface area is 67.2 Å². The minimum absolute atomic E-state index is 0.921. The number of aromatic nitrogens is 2. The zero-order valence-electron chi connectivity index (χ0n) is 7.36. The molecule has 1 heterocycles. The van der Waals surface area contributed by atoms with Gasteiger partial charge in [-0.25, -0.2) is 0 Å². The fraction of sp³-hybridized carbons (Fsp3) is 0.625. The standard InChI is InChI=1S/C8H15N3/c1-4-9-5-8-6(2)10-11-7(8)3/h9H,4-5H2,1-3H3,(H,10,11). The number of aryl methyl sites for hydroxylation is 2. The smallest absolute Gasteiger partial charge is 0.0638 e. The molecule has 0 saturated heterocycles. The van der Waals surface area contributed by atoms with Gasteiger partial charge in [0, 0.05) is 17.8 Å². The second-order valence-corrected chi connectivity index (χ2v) is 2.69. The first-order chi connectivity index (χ1) is 5.25. The Morgan fingerprint density at radius 3 is 2.64 bits per heavy atom. The van der Waals surface area contributed by atoms with Crippen LogP contribution in [0.4, 0.5) is 0 Å². The highest BCUT2D eigenvalue weighted by Gasteiger charge is 2.03. The Balaban J connectivity index is 2.67. The second-order valence-electron chi connectivity index (χ2n) is 2.69. The van der Waals surface area contributed by atoms with Crippen molar-refractivity contribution >= 4 is 0 Å². The van der Waals surface area contributed by atoms with Crippen LogP contribution in [0.25, 0.3) is 0 Å². The molecule has 0 spiro atoms. The Morgan fingerprint density at radius 1 is 1.45 bits per heavy atom. The Morgan fingerprint density at radius 2 is 2.18 bits per heavy atom. The molecule has 1 rings (SSSR count). The maximum Gasteiger partial charge on any atom is 0.0638 e. The Bertz CT molecular complexity index is 208. The molecular weight excluding hydrogens is 138 g/mol. The van der Waals surface area contributed by atoms with Crippen LogP contribution >= 0.6 is 0 Å². The average molecular weight is 153 g/mol. The lowest BCUT2D eigenvalue weighted by molar-refractivity contribution is 0.720.